The summed E-state index contributed by atoms with van der Waals surface area (Å²) in [6.07, 6.45) is 0.969. The first-order valence-corrected chi connectivity index (χ1v) is 4.34. The molecule has 0 aromatic heterocycles. The molecule has 3 N–H and O–H groups in total. The molecule has 3 nitrogen and oxygen atoms in total. The molecule has 0 atom stereocenters. The molecular weight excluding hydrogens is 164 g/mol. The molecule has 0 unspecified atom stereocenters. The fraction of sp³-hybridized carbons (Fsp3) is 0.300. The summed E-state index contributed by atoms with van der Waals surface area (Å²) < 4.78 is 0. The molecule has 13 heavy (non-hydrogen) atoms. The molecule has 0 saturated carbocycles. The number of hydrogen-bond donors (Lipinski definition) is 2. The third-order valence-corrected chi connectivity index (χ3v) is 1.95. The average molecular weight is 178 g/mol. The molecule has 70 valence electrons. The van der Waals surface area contributed by atoms with Crippen LogP contribution < -0.4 is 11.1 Å². The number of benzene rings is 1. The van der Waals surface area contributed by atoms with Gasteiger partial charge >= 0.3 is 6.03 Å². The zero-order chi connectivity index (χ0) is 9.68. The third-order valence-electron chi connectivity index (χ3n) is 1.95. The van der Waals surface area contributed by atoms with Crippen LogP contribution in [-0.2, 0) is 13.0 Å². The Kier molecular flexibility index (Phi) is 3.31. The van der Waals surface area contributed by atoms with E-state index >= 15 is 0 Å². The highest BCUT2D eigenvalue weighted by Gasteiger charge is 1.99. The Morgan fingerprint density at radius 3 is 2.54 bits per heavy atom. The lowest BCUT2D eigenvalue weighted by molar-refractivity contribution is 0.248. The number of primary amides is 1. The summed E-state index contributed by atoms with van der Waals surface area (Å²) in [6, 6.07) is 7.52. The molecule has 0 radical (unpaired) electrons. The number of amides is 2. The van der Waals surface area contributed by atoms with Gasteiger partial charge in [0.05, 0.1) is 0 Å². The van der Waals surface area contributed by atoms with Crippen molar-refractivity contribution < 1.29 is 4.79 Å². The molecule has 0 aliphatic heterocycles. The van der Waals surface area contributed by atoms with Crippen molar-refractivity contribution in [3.8, 4) is 0 Å². The molecule has 1 aromatic carbocycles. The van der Waals surface area contributed by atoms with E-state index in [-0.39, 0.29) is 0 Å². The van der Waals surface area contributed by atoms with Gasteiger partial charge in [-0.05, 0) is 17.5 Å². The number of urea groups is 1. The minimum absolute atomic E-state index is 0.481. The Labute approximate surface area is 77.9 Å². The number of carbonyl (C=O) groups is 1. The highest BCUT2D eigenvalue weighted by Crippen LogP contribution is 2.08. The van der Waals surface area contributed by atoms with E-state index in [1.54, 1.807) is 0 Å². The Balaban J connectivity index is 2.69. The predicted octanol–water partition coefficient (Wildman–Crippen LogP) is 1.42. The smallest absolute Gasteiger partial charge is 0.312 e. The lowest BCUT2D eigenvalue weighted by Gasteiger charge is -2.06. The van der Waals surface area contributed by atoms with E-state index < -0.39 is 6.03 Å². The van der Waals surface area contributed by atoms with Gasteiger partial charge in [0.15, 0.2) is 0 Å². The van der Waals surface area contributed by atoms with Gasteiger partial charge in [0, 0.05) is 6.54 Å². The van der Waals surface area contributed by atoms with Crippen molar-refractivity contribution in [2.45, 2.75) is 19.9 Å². The second-order valence-corrected chi connectivity index (χ2v) is 2.84. The standard InChI is InChI=1S/C10H14N2O/c1-2-8-5-3-4-6-9(8)7-12-10(11)13/h3-6H,2,7H2,1H3,(H3,11,12,13). The van der Waals surface area contributed by atoms with Crippen LogP contribution in [0.5, 0.6) is 0 Å². The van der Waals surface area contributed by atoms with Gasteiger partial charge in [-0.3, -0.25) is 0 Å². The molecule has 0 fully saturated rings. The van der Waals surface area contributed by atoms with Crippen molar-refractivity contribution in [3.63, 3.8) is 0 Å². The van der Waals surface area contributed by atoms with Crippen molar-refractivity contribution >= 4 is 6.03 Å². The summed E-state index contributed by atoms with van der Waals surface area (Å²) >= 11 is 0. The van der Waals surface area contributed by atoms with E-state index in [1.165, 1.54) is 5.56 Å². The van der Waals surface area contributed by atoms with Gasteiger partial charge in [-0.1, -0.05) is 31.2 Å². The molecule has 1 aromatic rings. The molecule has 0 aliphatic rings. The van der Waals surface area contributed by atoms with Gasteiger partial charge < -0.3 is 11.1 Å². The van der Waals surface area contributed by atoms with Crippen molar-refractivity contribution in [2.75, 3.05) is 0 Å². The monoisotopic (exact) mass is 178 g/mol. The molecule has 2 amide bonds. The lowest BCUT2D eigenvalue weighted by Crippen LogP contribution is -2.28. The Morgan fingerprint density at radius 2 is 2.00 bits per heavy atom. The van der Waals surface area contributed by atoms with Crippen LogP contribution in [0.25, 0.3) is 0 Å². The lowest BCUT2D eigenvalue weighted by atomic mass is 10.1. The number of nitrogens with one attached hydrogen (secondary N) is 1. The maximum atomic E-state index is 10.5. The minimum Gasteiger partial charge on any atom is -0.352 e. The zero-order valence-corrected chi connectivity index (χ0v) is 7.71. The first-order valence-electron chi connectivity index (χ1n) is 4.34. The summed E-state index contributed by atoms with van der Waals surface area (Å²) in [7, 11) is 0. The van der Waals surface area contributed by atoms with Crippen LogP contribution in [0.4, 0.5) is 4.79 Å². The Hall–Kier alpha value is -1.51. The van der Waals surface area contributed by atoms with Gasteiger partial charge in [0.2, 0.25) is 0 Å². The highest BCUT2D eigenvalue weighted by atomic mass is 16.2. The van der Waals surface area contributed by atoms with Gasteiger partial charge in [-0.2, -0.15) is 0 Å². The van der Waals surface area contributed by atoms with E-state index in [0.717, 1.165) is 12.0 Å². The summed E-state index contributed by atoms with van der Waals surface area (Å²) in [6.45, 7) is 2.60. The number of rotatable bonds is 3. The largest absolute Gasteiger partial charge is 0.352 e. The average Bonchev–Trinajstić information content (AvgIpc) is 2.15. The Bertz CT molecular complexity index is 297. The van der Waals surface area contributed by atoms with Crippen LogP contribution in [0.1, 0.15) is 18.1 Å². The van der Waals surface area contributed by atoms with Crippen LogP contribution in [0.15, 0.2) is 24.3 Å². The quantitative estimate of drug-likeness (QED) is 0.722. The van der Waals surface area contributed by atoms with Gasteiger partial charge in [0.25, 0.3) is 0 Å². The number of carbonyl (C=O) groups excluding carboxylic acids is 1. The van der Waals surface area contributed by atoms with E-state index in [1.807, 2.05) is 18.2 Å². The highest BCUT2D eigenvalue weighted by molar-refractivity contribution is 5.71. The van der Waals surface area contributed by atoms with Crippen LogP contribution in [-0.4, -0.2) is 6.03 Å². The van der Waals surface area contributed by atoms with Crippen molar-refractivity contribution in [2.24, 2.45) is 5.73 Å². The maximum Gasteiger partial charge on any atom is 0.312 e. The minimum atomic E-state index is -0.481. The van der Waals surface area contributed by atoms with E-state index in [4.69, 9.17) is 5.73 Å². The van der Waals surface area contributed by atoms with Gasteiger partial charge in [-0.25, -0.2) is 4.79 Å². The van der Waals surface area contributed by atoms with Crippen LogP contribution >= 0.6 is 0 Å². The van der Waals surface area contributed by atoms with Crippen LogP contribution in [0, 0.1) is 0 Å². The predicted molar refractivity (Wildman–Crippen MR) is 52.2 cm³/mol. The Morgan fingerprint density at radius 1 is 1.38 bits per heavy atom. The van der Waals surface area contributed by atoms with E-state index in [0.29, 0.717) is 6.54 Å². The summed E-state index contributed by atoms with van der Waals surface area (Å²) in [5, 5.41) is 2.58. The van der Waals surface area contributed by atoms with Gasteiger partial charge in [-0.15, -0.1) is 0 Å². The number of aryl methyl sites for hydroxylation is 1. The molecule has 0 aliphatic carbocycles. The van der Waals surface area contributed by atoms with Crippen LogP contribution in [0.2, 0.25) is 0 Å². The molecule has 0 heterocycles. The second-order valence-electron chi connectivity index (χ2n) is 2.84. The summed E-state index contributed by atoms with van der Waals surface area (Å²) in [5.41, 5.74) is 7.36. The number of nitrogens with two attached hydrogens (primary N) is 1. The molecule has 3 heteroatoms. The molecule has 1 rings (SSSR count). The first kappa shape index (κ1) is 9.58. The maximum absolute atomic E-state index is 10.5. The molecule has 0 bridgehead atoms. The van der Waals surface area contributed by atoms with Gasteiger partial charge in [0.1, 0.15) is 0 Å². The van der Waals surface area contributed by atoms with Crippen molar-refractivity contribution in [3.05, 3.63) is 35.4 Å². The zero-order valence-electron chi connectivity index (χ0n) is 7.71. The topological polar surface area (TPSA) is 55.1 Å². The third kappa shape index (κ3) is 2.78. The van der Waals surface area contributed by atoms with Crippen LogP contribution in [0.3, 0.4) is 0 Å². The molecular formula is C10H14N2O. The SMILES string of the molecule is CCc1ccccc1CNC(N)=O. The van der Waals surface area contributed by atoms with E-state index in [9.17, 15) is 4.79 Å². The number of hydrogen-bond acceptors (Lipinski definition) is 1. The van der Waals surface area contributed by atoms with Crippen molar-refractivity contribution in [1.29, 1.82) is 0 Å². The summed E-state index contributed by atoms with van der Waals surface area (Å²) in [5.74, 6) is 0. The fourth-order valence-corrected chi connectivity index (χ4v) is 1.26. The fourth-order valence-electron chi connectivity index (χ4n) is 1.26. The van der Waals surface area contributed by atoms with E-state index in [2.05, 4.69) is 18.3 Å². The normalized spacial score (nSPS) is 9.62. The van der Waals surface area contributed by atoms with Crippen molar-refractivity contribution in [1.82, 2.24) is 5.32 Å². The summed E-state index contributed by atoms with van der Waals surface area (Å²) in [4.78, 5) is 10.5. The molecule has 0 spiro atoms. The second kappa shape index (κ2) is 4.50. The first-order chi connectivity index (χ1) is 6.24. The molecule has 0 saturated heterocycles.